The highest BCUT2D eigenvalue weighted by molar-refractivity contribution is 7.89. The number of sulfonamides is 1. The zero-order valence-electron chi connectivity index (χ0n) is 11.2. The van der Waals surface area contributed by atoms with Gasteiger partial charge >= 0.3 is 0 Å². The molecule has 6 heteroatoms. The van der Waals surface area contributed by atoms with Crippen LogP contribution in [0.3, 0.4) is 0 Å². The van der Waals surface area contributed by atoms with Crippen molar-refractivity contribution in [3.8, 4) is 0 Å². The van der Waals surface area contributed by atoms with Crippen molar-refractivity contribution >= 4 is 10.0 Å². The Bertz CT molecular complexity index is 632. The monoisotopic (exact) mass is 294 g/mol. The minimum atomic E-state index is -3.38. The maximum Gasteiger partial charge on any atom is 0.243 e. The van der Waals surface area contributed by atoms with Gasteiger partial charge in [-0.1, -0.05) is 6.07 Å². The number of benzene rings is 1. The third kappa shape index (κ3) is 1.98. The molecule has 3 aliphatic rings. The van der Waals surface area contributed by atoms with Crippen molar-refractivity contribution in [2.24, 2.45) is 0 Å². The molecule has 5 nitrogen and oxygen atoms in total. The van der Waals surface area contributed by atoms with Crippen molar-refractivity contribution in [1.29, 1.82) is 0 Å². The molecule has 3 aliphatic heterocycles. The minimum absolute atomic E-state index is 0.0830. The molecular weight excluding hydrogens is 276 g/mol. The van der Waals surface area contributed by atoms with Crippen LogP contribution >= 0.6 is 0 Å². The minimum Gasteiger partial charge on any atom is -0.372 e. The molecule has 2 unspecified atom stereocenters. The standard InChI is InChI=1S/C14H18N2O3S/c17-20(18,16-8-12-2-3-13(9-16)19-12)14-4-1-10-6-15-7-11(10)5-14/h1,4-5,12-13,15H,2-3,6-9H2. The van der Waals surface area contributed by atoms with Crippen molar-refractivity contribution in [3.63, 3.8) is 0 Å². The lowest BCUT2D eigenvalue weighted by Crippen LogP contribution is -2.45. The van der Waals surface area contributed by atoms with Crippen LogP contribution < -0.4 is 5.32 Å². The number of nitrogens with one attached hydrogen (secondary N) is 1. The maximum absolute atomic E-state index is 12.8. The molecule has 0 saturated carbocycles. The molecule has 2 saturated heterocycles. The second-order valence-electron chi connectivity index (χ2n) is 5.81. The summed E-state index contributed by atoms with van der Waals surface area (Å²) >= 11 is 0. The molecule has 2 atom stereocenters. The van der Waals surface area contributed by atoms with E-state index in [-0.39, 0.29) is 12.2 Å². The number of hydrogen-bond acceptors (Lipinski definition) is 4. The van der Waals surface area contributed by atoms with E-state index in [9.17, 15) is 8.42 Å². The third-order valence-corrected chi connectivity index (χ3v) is 6.28. The Labute approximate surface area is 119 Å². The average molecular weight is 294 g/mol. The van der Waals surface area contributed by atoms with Gasteiger partial charge in [0, 0.05) is 26.2 Å². The van der Waals surface area contributed by atoms with Crippen LogP contribution in [0, 0.1) is 0 Å². The van der Waals surface area contributed by atoms with E-state index in [1.807, 2.05) is 12.1 Å². The number of rotatable bonds is 2. The van der Waals surface area contributed by atoms with E-state index in [0.29, 0.717) is 18.0 Å². The molecule has 2 bridgehead atoms. The van der Waals surface area contributed by atoms with Crippen LogP contribution in [-0.4, -0.2) is 38.0 Å². The summed E-state index contributed by atoms with van der Waals surface area (Å²) in [5, 5.41) is 3.24. The van der Waals surface area contributed by atoms with E-state index >= 15 is 0 Å². The molecule has 4 rings (SSSR count). The summed E-state index contributed by atoms with van der Waals surface area (Å²) in [7, 11) is -3.38. The quantitative estimate of drug-likeness (QED) is 0.878. The van der Waals surface area contributed by atoms with Crippen LogP contribution in [0.25, 0.3) is 0 Å². The van der Waals surface area contributed by atoms with Crippen LogP contribution in [0.4, 0.5) is 0 Å². The summed E-state index contributed by atoms with van der Waals surface area (Å²) in [4.78, 5) is 0.418. The smallest absolute Gasteiger partial charge is 0.243 e. The van der Waals surface area contributed by atoms with Gasteiger partial charge in [0.05, 0.1) is 17.1 Å². The first-order valence-electron chi connectivity index (χ1n) is 7.11. The fourth-order valence-electron chi connectivity index (χ4n) is 3.35. The number of morpholine rings is 1. The highest BCUT2D eigenvalue weighted by Gasteiger charge is 2.39. The number of ether oxygens (including phenoxy) is 1. The van der Waals surface area contributed by atoms with Crippen LogP contribution in [-0.2, 0) is 27.8 Å². The van der Waals surface area contributed by atoms with Crippen molar-refractivity contribution in [1.82, 2.24) is 9.62 Å². The summed E-state index contributed by atoms with van der Waals surface area (Å²) in [5.41, 5.74) is 2.30. The summed E-state index contributed by atoms with van der Waals surface area (Å²) < 4.78 is 32.8. The van der Waals surface area contributed by atoms with Gasteiger partial charge in [-0.2, -0.15) is 4.31 Å². The Hall–Kier alpha value is -0.950. The number of fused-ring (bicyclic) bond motifs is 3. The molecule has 108 valence electrons. The first-order chi connectivity index (χ1) is 9.63. The lowest BCUT2D eigenvalue weighted by molar-refractivity contribution is -0.0114. The van der Waals surface area contributed by atoms with Gasteiger partial charge in [-0.3, -0.25) is 0 Å². The van der Waals surface area contributed by atoms with Crippen molar-refractivity contribution in [2.45, 2.75) is 43.0 Å². The number of nitrogens with zero attached hydrogens (tertiary/aromatic N) is 1. The van der Waals surface area contributed by atoms with Gasteiger partial charge in [0.1, 0.15) is 0 Å². The third-order valence-electron chi connectivity index (χ3n) is 4.46. The van der Waals surface area contributed by atoms with Crippen LogP contribution in [0.1, 0.15) is 24.0 Å². The predicted octanol–water partition coefficient (Wildman–Crippen LogP) is 0.842. The fourth-order valence-corrected chi connectivity index (χ4v) is 4.91. The molecule has 1 N–H and O–H groups in total. The average Bonchev–Trinajstić information content (AvgIpc) is 3.04. The first kappa shape index (κ1) is 12.8. The zero-order chi connectivity index (χ0) is 13.7. The van der Waals surface area contributed by atoms with E-state index in [1.165, 1.54) is 5.56 Å². The van der Waals surface area contributed by atoms with Crippen molar-refractivity contribution in [3.05, 3.63) is 29.3 Å². The molecule has 0 spiro atoms. The predicted molar refractivity (Wildman–Crippen MR) is 73.6 cm³/mol. The van der Waals surface area contributed by atoms with E-state index in [1.54, 1.807) is 10.4 Å². The van der Waals surface area contributed by atoms with Gasteiger partial charge in [-0.15, -0.1) is 0 Å². The molecule has 1 aromatic carbocycles. The molecule has 0 amide bonds. The zero-order valence-corrected chi connectivity index (χ0v) is 12.0. The Kier molecular flexibility index (Phi) is 2.89. The van der Waals surface area contributed by atoms with Gasteiger partial charge in [0.15, 0.2) is 0 Å². The van der Waals surface area contributed by atoms with Crippen molar-refractivity contribution < 1.29 is 13.2 Å². The largest absolute Gasteiger partial charge is 0.372 e. The second kappa shape index (κ2) is 4.53. The summed E-state index contributed by atoms with van der Waals surface area (Å²) in [6.45, 7) is 2.58. The van der Waals surface area contributed by atoms with Crippen LogP contribution in [0.5, 0.6) is 0 Å². The highest BCUT2D eigenvalue weighted by Crippen LogP contribution is 2.30. The normalized spacial score (nSPS) is 29.6. The van der Waals surface area contributed by atoms with Gasteiger partial charge in [0.2, 0.25) is 10.0 Å². The Morgan fingerprint density at radius 1 is 1.10 bits per heavy atom. The van der Waals surface area contributed by atoms with Gasteiger partial charge < -0.3 is 10.1 Å². The summed E-state index contributed by atoms with van der Waals surface area (Å²) in [6, 6.07) is 5.48. The van der Waals surface area contributed by atoms with E-state index in [2.05, 4.69) is 5.32 Å². The van der Waals surface area contributed by atoms with E-state index < -0.39 is 10.0 Å². The van der Waals surface area contributed by atoms with Gasteiger partial charge in [-0.25, -0.2) is 8.42 Å². The Morgan fingerprint density at radius 2 is 1.80 bits per heavy atom. The molecule has 0 radical (unpaired) electrons. The lowest BCUT2D eigenvalue weighted by Gasteiger charge is -2.31. The summed E-state index contributed by atoms with van der Waals surface area (Å²) in [5.74, 6) is 0. The molecule has 0 aromatic heterocycles. The van der Waals surface area contributed by atoms with Crippen LogP contribution in [0.2, 0.25) is 0 Å². The molecular formula is C14H18N2O3S. The molecule has 1 aromatic rings. The topological polar surface area (TPSA) is 58.6 Å². The molecule has 3 heterocycles. The fraction of sp³-hybridized carbons (Fsp3) is 0.571. The van der Waals surface area contributed by atoms with Crippen LogP contribution in [0.15, 0.2) is 23.1 Å². The molecule has 2 fully saturated rings. The number of hydrogen-bond donors (Lipinski definition) is 1. The second-order valence-corrected chi connectivity index (χ2v) is 7.75. The van der Waals surface area contributed by atoms with Gasteiger partial charge in [-0.05, 0) is 36.1 Å². The maximum atomic E-state index is 12.8. The Balaban J connectivity index is 1.66. The highest BCUT2D eigenvalue weighted by atomic mass is 32.2. The summed E-state index contributed by atoms with van der Waals surface area (Å²) in [6.07, 6.45) is 2.12. The molecule has 0 aliphatic carbocycles. The first-order valence-corrected chi connectivity index (χ1v) is 8.55. The van der Waals surface area contributed by atoms with E-state index in [4.69, 9.17) is 4.74 Å². The Morgan fingerprint density at radius 3 is 2.55 bits per heavy atom. The van der Waals surface area contributed by atoms with Gasteiger partial charge in [0.25, 0.3) is 0 Å². The van der Waals surface area contributed by atoms with Crippen molar-refractivity contribution in [2.75, 3.05) is 13.1 Å². The van der Waals surface area contributed by atoms with E-state index in [0.717, 1.165) is 31.5 Å². The lowest BCUT2D eigenvalue weighted by atomic mass is 10.1. The SMILES string of the molecule is O=S(=O)(c1ccc2c(c1)CNC2)N1CC2CCC(C1)O2. The molecule has 20 heavy (non-hydrogen) atoms.